The van der Waals surface area contributed by atoms with Crippen molar-refractivity contribution < 1.29 is 14.0 Å². The average Bonchev–Trinajstić information content (AvgIpc) is 3.25. The van der Waals surface area contributed by atoms with Gasteiger partial charge in [0, 0.05) is 12.6 Å². The zero-order chi connectivity index (χ0) is 25.1. The van der Waals surface area contributed by atoms with E-state index in [1.807, 2.05) is 41.0 Å². The molecule has 3 rings (SSSR count). The van der Waals surface area contributed by atoms with Gasteiger partial charge in [0.05, 0.1) is 36.7 Å². The van der Waals surface area contributed by atoms with E-state index in [1.165, 1.54) is 0 Å². The summed E-state index contributed by atoms with van der Waals surface area (Å²) in [4.78, 5) is 15.8. The number of carbonyl (C=O) groups is 1. The molecule has 3 aromatic rings. The Bertz CT molecular complexity index is 1210. The van der Waals surface area contributed by atoms with E-state index in [0.29, 0.717) is 18.6 Å². The zero-order valence-corrected chi connectivity index (χ0v) is 21.8. The van der Waals surface area contributed by atoms with E-state index in [1.54, 1.807) is 12.5 Å². The van der Waals surface area contributed by atoms with Crippen molar-refractivity contribution in [1.82, 2.24) is 9.55 Å². The molecule has 1 amide bonds. The fourth-order valence-corrected chi connectivity index (χ4v) is 5.11. The smallest absolute Gasteiger partial charge is 0.268 e. The van der Waals surface area contributed by atoms with Gasteiger partial charge in [-0.1, -0.05) is 32.9 Å². The molecule has 0 radical (unpaired) electrons. The number of aromatic nitrogens is 2. The Morgan fingerprint density at radius 2 is 1.91 bits per heavy atom. The third kappa shape index (κ3) is 5.85. The van der Waals surface area contributed by atoms with Crippen molar-refractivity contribution in [2.45, 2.75) is 64.4 Å². The Hall–Kier alpha value is -3.15. The van der Waals surface area contributed by atoms with Gasteiger partial charge in [-0.2, -0.15) is 5.26 Å². The highest BCUT2D eigenvalue weighted by molar-refractivity contribution is 6.74. The van der Waals surface area contributed by atoms with Crippen LogP contribution in [0.2, 0.25) is 18.1 Å². The van der Waals surface area contributed by atoms with Gasteiger partial charge in [0.2, 0.25) is 0 Å². The molecule has 0 saturated carbocycles. The van der Waals surface area contributed by atoms with E-state index in [-0.39, 0.29) is 22.9 Å². The number of ether oxygens (including phenoxy) is 1. The van der Waals surface area contributed by atoms with Crippen LogP contribution in [0.5, 0.6) is 5.75 Å². The molecular weight excluding hydrogens is 444 g/mol. The highest BCUT2D eigenvalue weighted by Gasteiger charge is 2.40. The SMILES string of the molecule is C[C@H](O[Si](C)(C)C(C)(C)C)[C@@H](CCOc1ccc2ccc(C#N)cc2c1)n1cnc(C(N)=O)c1. The molecule has 1 aromatic heterocycles. The summed E-state index contributed by atoms with van der Waals surface area (Å²) in [6, 6.07) is 13.6. The van der Waals surface area contributed by atoms with Gasteiger partial charge < -0.3 is 19.5 Å². The number of nitrogens with zero attached hydrogens (tertiary/aromatic N) is 3. The molecule has 34 heavy (non-hydrogen) atoms. The molecule has 0 aliphatic carbocycles. The molecule has 180 valence electrons. The van der Waals surface area contributed by atoms with E-state index in [0.717, 1.165) is 16.5 Å². The highest BCUT2D eigenvalue weighted by atomic mass is 28.4. The number of benzene rings is 2. The summed E-state index contributed by atoms with van der Waals surface area (Å²) in [7, 11) is -2.01. The topological polar surface area (TPSA) is 103 Å². The fourth-order valence-electron chi connectivity index (χ4n) is 3.67. The van der Waals surface area contributed by atoms with Gasteiger partial charge in [-0.25, -0.2) is 4.98 Å². The first kappa shape index (κ1) is 25.5. The molecule has 2 aromatic carbocycles. The Morgan fingerprint density at radius 3 is 2.53 bits per heavy atom. The van der Waals surface area contributed by atoms with Crippen LogP contribution >= 0.6 is 0 Å². The van der Waals surface area contributed by atoms with Crippen LogP contribution in [0.3, 0.4) is 0 Å². The predicted octanol–water partition coefficient (Wildman–Crippen LogP) is 5.43. The van der Waals surface area contributed by atoms with Gasteiger partial charge in [0.15, 0.2) is 8.32 Å². The summed E-state index contributed by atoms with van der Waals surface area (Å²) >= 11 is 0. The minimum atomic E-state index is -2.01. The molecule has 0 spiro atoms. The van der Waals surface area contributed by atoms with Gasteiger partial charge in [-0.05, 0) is 60.1 Å². The number of rotatable bonds is 9. The van der Waals surface area contributed by atoms with Crippen molar-refractivity contribution in [3.8, 4) is 11.8 Å². The lowest BCUT2D eigenvalue weighted by molar-refractivity contribution is 0.0994. The van der Waals surface area contributed by atoms with Crippen LogP contribution in [0.4, 0.5) is 0 Å². The maximum atomic E-state index is 11.6. The summed E-state index contributed by atoms with van der Waals surface area (Å²) < 4.78 is 14.7. The van der Waals surface area contributed by atoms with E-state index >= 15 is 0 Å². The second kappa shape index (κ2) is 10.00. The Kier molecular flexibility index (Phi) is 7.49. The average molecular weight is 479 g/mol. The second-order valence-corrected chi connectivity index (χ2v) is 15.0. The lowest BCUT2D eigenvalue weighted by atomic mass is 10.1. The van der Waals surface area contributed by atoms with E-state index < -0.39 is 14.2 Å². The lowest BCUT2D eigenvalue weighted by Crippen LogP contribution is -2.45. The summed E-state index contributed by atoms with van der Waals surface area (Å²) in [6.45, 7) is 13.6. The first-order chi connectivity index (χ1) is 15.9. The third-order valence-corrected chi connectivity index (χ3v) is 11.3. The Balaban J connectivity index is 1.77. The standard InChI is InChI=1S/C26H34N4O3Si/c1-18(33-34(5,6)26(2,3)4)24(30-16-23(25(28)31)29-17-30)11-12-32-22-10-9-20-8-7-19(15-27)13-21(20)14-22/h7-10,13-14,16-18,24H,11-12H2,1-6H3,(H2,28,31)/t18-,24+/m0/s1. The van der Waals surface area contributed by atoms with Gasteiger partial charge in [-0.3, -0.25) is 4.79 Å². The van der Waals surface area contributed by atoms with Gasteiger partial charge in [-0.15, -0.1) is 0 Å². The number of nitriles is 1. The maximum Gasteiger partial charge on any atom is 0.268 e. The largest absolute Gasteiger partial charge is 0.493 e. The van der Waals surface area contributed by atoms with E-state index in [9.17, 15) is 4.79 Å². The molecule has 2 atom stereocenters. The summed E-state index contributed by atoms with van der Waals surface area (Å²) in [5.74, 6) is 0.183. The second-order valence-electron chi connectivity index (χ2n) is 10.2. The summed E-state index contributed by atoms with van der Waals surface area (Å²) in [5.41, 5.74) is 6.27. The van der Waals surface area contributed by atoms with Crippen molar-refractivity contribution in [2.75, 3.05) is 6.61 Å². The number of amides is 1. The molecule has 0 aliphatic heterocycles. The summed E-state index contributed by atoms with van der Waals surface area (Å²) in [5, 5.41) is 11.3. The molecule has 8 heteroatoms. The van der Waals surface area contributed by atoms with Crippen LogP contribution in [0, 0.1) is 11.3 Å². The van der Waals surface area contributed by atoms with E-state index in [4.69, 9.17) is 20.2 Å². The molecular formula is C26H34N4O3Si. The Morgan fingerprint density at radius 1 is 1.21 bits per heavy atom. The zero-order valence-electron chi connectivity index (χ0n) is 20.8. The minimum absolute atomic E-state index is 0.0724. The molecule has 0 saturated heterocycles. The number of fused-ring (bicyclic) bond motifs is 1. The number of carbonyl (C=O) groups excluding carboxylic acids is 1. The third-order valence-electron chi connectivity index (χ3n) is 6.69. The number of primary amides is 1. The van der Waals surface area contributed by atoms with E-state index in [2.05, 4.69) is 51.8 Å². The minimum Gasteiger partial charge on any atom is -0.493 e. The first-order valence-corrected chi connectivity index (χ1v) is 14.4. The fraction of sp³-hybridized carbons (Fsp3) is 0.423. The molecule has 0 bridgehead atoms. The van der Waals surface area contributed by atoms with Crippen molar-refractivity contribution in [3.63, 3.8) is 0 Å². The van der Waals surface area contributed by atoms with Gasteiger partial charge in [0.25, 0.3) is 5.91 Å². The quantitative estimate of drug-likeness (QED) is 0.413. The van der Waals surface area contributed by atoms with Gasteiger partial charge >= 0.3 is 0 Å². The van der Waals surface area contributed by atoms with Crippen LogP contribution in [0.25, 0.3) is 10.8 Å². The lowest BCUT2D eigenvalue weighted by Gasteiger charge is -2.40. The summed E-state index contributed by atoms with van der Waals surface area (Å²) in [6.07, 6.45) is 3.85. The molecule has 0 unspecified atom stereocenters. The monoisotopic (exact) mass is 478 g/mol. The molecule has 0 aliphatic rings. The van der Waals surface area contributed by atoms with Crippen molar-refractivity contribution in [1.29, 1.82) is 5.26 Å². The first-order valence-electron chi connectivity index (χ1n) is 11.5. The molecule has 0 fully saturated rings. The van der Waals surface area contributed by atoms with Crippen LogP contribution in [-0.2, 0) is 4.43 Å². The molecule has 2 N–H and O–H groups in total. The normalized spacial score (nSPS) is 13.9. The van der Waals surface area contributed by atoms with Crippen molar-refractivity contribution >= 4 is 25.0 Å². The Labute approximate surface area is 202 Å². The predicted molar refractivity (Wildman–Crippen MR) is 136 cm³/mol. The van der Waals surface area contributed by atoms with Crippen LogP contribution in [0.15, 0.2) is 48.9 Å². The molecule has 1 heterocycles. The number of hydrogen-bond donors (Lipinski definition) is 1. The van der Waals surface area contributed by atoms with Crippen molar-refractivity contribution in [3.05, 3.63) is 60.2 Å². The van der Waals surface area contributed by atoms with Crippen molar-refractivity contribution in [2.24, 2.45) is 5.73 Å². The number of nitrogens with two attached hydrogens (primary N) is 1. The van der Waals surface area contributed by atoms with Gasteiger partial charge in [0.1, 0.15) is 11.4 Å². The highest BCUT2D eigenvalue weighted by Crippen LogP contribution is 2.39. The molecule has 7 nitrogen and oxygen atoms in total. The maximum absolute atomic E-state index is 11.6. The van der Waals surface area contributed by atoms with Crippen LogP contribution < -0.4 is 10.5 Å². The van der Waals surface area contributed by atoms with Crippen LogP contribution in [0.1, 0.15) is 56.2 Å². The number of imidazole rings is 1. The number of hydrogen-bond acceptors (Lipinski definition) is 5. The van der Waals surface area contributed by atoms with Crippen LogP contribution in [-0.4, -0.2) is 36.5 Å².